The maximum atomic E-state index is 11.4. The maximum Gasteiger partial charge on any atom is 0.338 e. The zero-order chi connectivity index (χ0) is 12.0. The van der Waals surface area contributed by atoms with Crippen molar-refractivity contribution < 1.29 is 24.9 Å². The van der Waals surface area contributed by atoms with Gasteiger partial charge in [0.1, 0.15) is 18.5 Å². The molecule has 1 atom stereocenters. The number of benzene rings is 1. The zero-order valence-electron chi connectivity index (χ0n) is 8.92. The zero-order valence-corrected chi connectivity index (χ0v) is 7.92. The van der Waals surface area contributed by atoms with Gasteiger partial charge in [-0.1, -0.05) is 0 Å². The third kappa shape index (κ3) is 3.57. The largest absolute Gasteiger partial charge is 0.508 e. The van der Waals surface area contributed by atoms with E-state index in [0.717, 1.165) is 0 Å². The second kappa shape index (κ2) is 5.33. The fourth-order valence-corrected chi connectivity index (χ4v) is 0.899. The highest BCUT2D eigenvalue weighted by atomic mass is 16.5. The molecule has 1 rings (SSSR count). The second-order valence-corrected chi connectivity index (χ2v) is 2.96. The van der Waals surface area contributed by atoms with Crippen LogP contribution in [0.2, 0.25) is 0 Å². The molecule has 3 N–H and O–H groups in total. The highest BCUT2D eigenvalue weighted by Gasteiger charge is 2.09. The van der Waals surface area contributed by atoms with E-state index in [4.69, 9.17) is 16.4 Å². The van der Waals surface area contributed by atoms with E-state index in [1.165, 1.54) is 24.3 Å². The molecule has 0 aliphatic carbocycles. The van der Waals surface area contributed by atoms with E-state index >= 15 is 0 Å². The molecule has 82 valence electrons. The number of carbonyl (C=O) groups is 1. The van der Waals surface area contributed by atoms with Gasteiger partial charge < -0.3 is 20.1 Å². The normalized spacial score (nSPS) is 12.8. The van der Waals surface area contributed by atoms with Crippen LogP contribution in [-0.4, -0.2) is 42.0 Å². The molecule has 0 spiro atoms. The second-order valence-electron chi connectivity index (χ2n) is 2.96. The van der Waals surface area contributed by atoms with Crippen LogP contribution in [0.5, 0.6) is 5.75 Å². The van der Waals surface area contributed by atoms with Crippen molar-refractivity contribution in [3.63, 3.8) is 0 Å². The number of aromatic hydroxyl groups is 1. The Balaban J connectivity index is 2.52. The Kier molecular flexibility index (Phi) is 3.53. The minimum atomic E-state index is -1.07. The van der Waals surface area contributed by atoms with Crippen LogP contribution in [0.3, 0.4) is 0 Å². The highest BCUT2D eigenvalue weighted by Crippen LogP contribution is 2.10. The predicted octanol–water partition coefficient (Wildman–Crippen LogP) is -0.0978. The van der Waals surface area contributed by atoms with Gasteiger partial charge in [-0.05, 0) is 24.3 Å². The summed E-state index contributed by atoms with van der Waals surface area (Å²) in [6.45, 7) is -0.717. The maximum absolute atomic E-state index is 11.4. The summed E-state index contributed by atoms with van der Waals surface area (Å²) in [6, 6.07) is 5.78. The van der Waals surface area contributed by atoms with Crippen LogP contribution in [0.1, 0.15) is 10.4 Å². The lowest BCUT2D eigenvalue weighted by molar-refractivity contribution is 0.00933. The van der Waals surface area contributed by atoms with Gasteiger partial charge in [0.05, 0.1) is 12.2 Å². The fourth-order valence-electron chi connectivity index (χ4n) is 0.899. The molecule has 1 aromatic rings. The molecule has 0 aliphatic heterocycles. The highest BCUT2D eigenvalue weighted by molar-refractivity contribution is 5.89. The first-order chi connectivity index (χ1) is 7.67. The average molecular weight is 213 g/mol. The van der Waals surface area contributed by atoms with Crippen LogP contribution in [-0.2, 0) is 4.74 Å². The third-order valence-electron chi connectivity index (χ3n) is 1.71. The lowest BCUT2D eigenvalue weighted by Crippen LogP contribution is -2.21. The number of aliphatic hydroxyl groups excluding tert-OH is 2. The van der Waals surface area contributed by atoms with Gasteiger partial charge in [-0.25, -0.2) is 4.79 Å². The SMILES string of the molecule is [2H]Oc1ccc(C(=O)OCC(O)CO)cc1. The summed E-state index contributed by atoms with van der Waals surface area (Å²) < 4.78 is 11.3. The van der Waals surface area contributed by atoms with Crippen molar-refractivity contribution in [2.75, 3.05) is 13.2 Å². The van der Waals surface area contributed by atoms with E-state index < -0.39 is 18.7 Å². The number of carbonyl (C=O) groups excluding carboxylic acids is 1. The molecule has 0 aliphatic rings. The summed E-state index contributed by atoms with van der Waals surface area (Å²) in [6.07, 6.45) is -1.07. The van der Waals surface area contributed by atoms with Gasteiger partial charge in [0, 0.05) is 0 Å². The Bertz CT molecular complexity index is 338. The van der Waals surface area contributed by atoms with E-state index in [0.29, 0.717) is 5.75 Å². The minimum Gasteiger partial charge on any atom is -0.508 e. The van der Waals surface area contributed by atoms with Crippen molar-refractivity contribution in [3.05, 3.63) is 29.8 Å². The molecule has 0 heterocycles. The molecule has 0 saturated carbocycles. The Hall–Kier alpha value is -1.59. The van der Waals surface area contributed by atoms with E-state index in [1.807, 2.05) is 0 Å². The number of phenols is 1. The van der Waals surface area contributed by atoms with Crippen molar-refractivity contribution in [3.8, 4) is 5.75 Å². The predicted molar refractivity (Wildman–Crippen MR) is 51.5 cm³/mol. The molecule has 0 saturated heterocycles. The summed E-state index contributed by atoms with van der Waals surface area (Å²) in [5.74, 6) is -0.295. The van der Waals surface area contributed by atoms with Gasteiger partial charge in [-0.3, -0.25) is 0 Å². The van der Waals surface area contributed by atoms with Gasteiger partial charge in [0.25, 0.3) is 1.43 Å². The van der Waals surface area contributed by atoms with Crippen molar-refractivity contribution in [2.24, 2.45) is 0 Å². The lowest BCUT2D eigenvalue weighted by Gasteiger charge is -2.08. The Labute approximate surface area is 88.0 Å². The van der Waals surface area contributed by atoms with Crippen molar-refractivity contribution in [1.82, 2.24) is 0 Å². The molecule has 0 amide bonds. The van der Waals surface area contributed by atoms with Gasteiger partial charge in [-0.15, -0.1) is 0 Å². The summed E-state index contributed by atoms with van der Waals surface area (Å²) in [7, 11) is 0. The van der Waals surface area contributed by atoms with Gasteiger partial charge in [-0.2, -0.15) is 0 Å². The number of esters is 1. The van der Waals surface area contributed by atoms with Crippen LogP contribution in [0, 0.1) is 0 Å². The van der Waals surface area contributed by atoms with E-state index in [9.17, 15) is 4.79 Å². The van der Waals surface area contributed by atoms with Gasteiger partial charge in [0.2, 0.25) is 0 Å². The molecule has 5 nitrogen and oxygen atoms in total. The lowest BCUT2D eigenvalue weighted by atomic mass is 10.2. The van der Waals surface area contributed by atoms with Gasteiger partial charge >= 0.3 is 5.97 Å². The molecule has 0 bridgehead atoms. The fraction of sp³-hybridized carbons (Fsp3) is 0.300. The quantitative estimate of drug-likeness (QED) is 0.595. The first-order valence-electron chi connectivity index (χ1n) is 4.77. The van der Waals surface area contributed by atoms with Crippen LogP contribution in [0.15, 0.2) is 24.3 Å². The van der Waals surface area contributed by atoms with Gasteiger partial charge in [0.15, 0.2) is 0 Å². The summed E-state index contributed by atoms with van der Waals surface area (Å²) in [5.41, 5.74) is 0.283. The summed E-state index contributed by atoms with van der Waals surface area (Å²) >= 11 is 0. The Morgan fingerprint density at radius 1 is 1.47 bits per heavy atom. The van der Waals surface area contributed by atoms with Crippen LogP contribution >= 0.6 is 0 Å². The molecular formula is C10H12O5. The number of rotatable bonds is 5. The van der Waals surface area contributed by atoms with E-state index in [1.54, 1.807) is 0 Å². The van der Waals surface area contributed by atoms with Crippen molar-refractivity contribution in [2.45, 2.75) is 6.10 Å². The minimum absolute atomic E-state index is 0.258. The summed E-state index contributed by atoms with van der Waals surface area (Å²) in [5, 5.41) is 21.7. The third-order valence-corrected chi connectivity index (χ3v) is 1.71. The number of ether oxygens (including phenoxy) is 1. The Morgan fingerprint density at radius 3 is 2.67 bits per heavy atom. The molecule has 15 heavy (non-hydrogen) atoms. The average Bonchev–Trinajstić information content (AvgIpc) is 2.35. The van der Waals surface area contributed by atoms with Crippen LogP contribution < -0.4 is 0 Å². The molecule has 1 unspecified atom stereocenters. The van der Waals surface area contributed by atoms with Crippen molar-refractivity contribution in [1.29, 1.82) is 1.43 Å². The molecular weight excluding hydrogens is 200 g/mol. The number of hydrogen-bond donors (Lipinski definition) is 3. The molecule has 5 heteroatoms. The topological polar surface area (TPSA) is 87.0 Å². The number of phenolic OH excluding ortho intramolecular Hbond substituents is 1. The molecule has 0 fully saturated rings. The van der Waals surface area contributed by atoms with E-state index in [-0.39, 0.29) is 12.2 Å². The summed E-state index contributed by atoms with van der Waals surface area (Å²) in [4.78, 5) is 11.4. The monoisotopic (exact) mass is 213 g/mol. The van der Waals surface area contributed by atoms with E-state index in [2.05, 4.69) is 5.11 Å². The number of aliphatic hydroxyl groups is 2. The number of hydrogen-bond acceptors (Lipinski definition) is 5. The Morgan fingerprint density at radius 2 is 2.13 bits per heavy atom. The first-order valence-corrected chi connectivity index (χ1v) is 4.36. The standard InChI is InChI=1S/C10H12O5/c11-5-9(13)6-15-10(14)7-1-3-8(12)4-2-7/h1-4,9,11-13H,5-6H2/i/hD. The smallest absolute Gasteiger partial charge is 0.338 e. The molecule has 0 aromatic heterocycles. The van der Waals surface area contributed by atoms with Crippen LogP contribution in [0.4, 0.5) is 0 Å². The van der Waals surface area contributed by atoms with Crippen LogP contribution in [0.25, 0.3) is 0 Å². The molecule has 1 aromatic carbocycles. The molecule has 0 radical (unpaired) electrons. The van der Waals surface area contributed by atoms with Crippen molar-refractivity contribution >= 4 is 5.97 Å². The first kappa shape index (κ1) is 9.95.